The lowest BCUT2D eigenvalue weighted by Gasteiger charge is -2.33. The summed E-state index contributed by atoms with van der Waals surface area (Å²) in [4.78, 5) is 12.1. The zero-order valence-electron chi connectivity index (χ0n) is 18.4. The van der Waals surface area contributed by atoms with Crippen LogP contribution >= 0.6 is 0 Å². The van der Waals surface area contributed by atoms with Gasteiger partial charge in [0.15, 0.2) is 0 Å². The summed E-state index contributed by atoms with van der Waals surface area (Å²) in [7, 11) is -0.324. The molecule has 0 heterocycles. The third-order valence-electron chi connectivity index (χ3n) is 4.82. The zero-order valence-corrected chi connectivity index (χ0v) is 19.4. The molecule has 6 nitrogen and oxygen atoms in total. The van der Waals surface area contributed by atoms with Crippen molar-refractivity contribution in [2.75, 3.05) is 7.11 Å². The minimum absolute atomic E-state index is 0.0703. The molecule has 0 unspecified atom stereocenters. The van der Waals surface area contributed by atoms with Gasteiger partial charge in [0.05, 0.1) is 32.5 Å². The average Bonchev–Trinajstić information content (AvgIpc) is 2.59. The second-order valence-electron chi connectivity index (χ2n) is 8.47. The van der Waals surface area contributed by atoms with E-state index in [2.05, 4.69) is 39.0 Å². The summed E-state index contributed by atoms with van der Waals surface area (Å²) in [6.45, 7) is 14.7. The van der Waals surface area contributed by atoms with E-state index in [1.54, 1.807) is 14.0 Å². The highest BCUT2D eigenvalue weighted by Crippen LogP contribution is 2.36. The molecule has 0 radical (unpaired) electrons. The van der Waals surface area contributed by atoms with Gasteiger partial charge in [-0.1, -0.05) is 32.9 Å². The molecule has 0 bridgehead atoms. The molecular weight excluding hydrogens is 374 g/mol. The summed E-state index contributed by atoms with van der Waals surface area (Å²) < 4.78 is 21.9. The van der Waals surface area contributed by atoms with Crippen molar-refractivity contribution in [3.63, 3.8) is 0 Å². The molecule has 0 N–H and O–H groups in total. The number of carbonyl (C=O) groups excluding carboxylic acids is 1. The Morgan fingerprint density at radius 1 is 1.18 bits per heavy atom. The van der Waals surface area contributed by atoms with Crippen molar-refractivity contribution in [3.05, 3.63) is 29.8 Å². The molecule has 0 saturated heterocycles. The number of carbonyl (C=O) groups is 1. The molecule has 0 aromatic heterocycles. The molecule has 1 aromatic carbocycles. The summed E-state index contributed by atoms with van der Waals surface area (Å²) in [5.41, 5.74) is 1.02. The fraction of sp³-hybridized carbons (Fsp3) is 0.619. The number of benzene rings is 1. The van der Waals surface area contributed by atoms with Crippen LogP contribution in [0, 0.1) is 0 Å². The molecule has 0 aliphatic carbocycles. The summed E-state index contributed by atoms with van der Waals surface area (Å²) in [5.74, 6) is 0.474. The topological polar surface area (TPSA) is 66.4 Å². The van der Waals surface area contributed by atoms with E-state index in [9.17, 15) is 4.79 Å². The Balaban J connectivity index is 2.36. The van der Waals surface area contributed by atoms with Crippen molar-refractivity contribution < 1.29 is 23.5 Å². The Kier molecular flexibility index (Phi) is 9.17. The van der Waals surface area contributed by atoms with Crippen LogP contribution in [0.15, 0.2) is 29.4 Å². The fourth-order valence-electron chi connectivity index (χ4n) is 1.92. The lowest BCUT2D eigenvalue weighted by molar-refractivity contribution is -0.148. The minimum atomic E-state index is -1.95. The van der Waals surface area contributed by atoms with Gasteiger partial charge in [0.2, 0.25) is 0 Å². The van der Waals surface area contributed by atoms with Gasteiger partial charge >= 0.3 is 5.97 Å². The average molecular weight is 410 g/mol. The number of hydrogen-bond donors (Lipinski definition) is 0. The van der Waals surface area contributed by atoms with Gasteiger partial charge in [0.25, 0.3) is 8.32 Å². The highest BCUT2D eigenvalue weighted by molar-refractivity contribution is 6.74. The highest BCUT2D eigenvalue weighted by atomic mass is 28.4. The van der Waals surface area contributed by atoms with Crippen LogP contribution in [0.1, 0.15) is 46.6 Å². The van der Waals surface area contributed by atoms with Crippen LogP contribution < -0.4 is 4.74 Å². The minimum Gasteiger partial charge on any atom is -0.497 e. The summed E-state index contributed by atoms with van der Waals surface area (Å²) in [6.07, 6.45) is 1.01. The second-order valence-corrected chi connectivity index (χ2v) is 13.2. The van der Waals surface area contributed by atoms with Crippen LogP contribution in [-0.2, 0) is 25.4 Å². The molecule has 0 saturated carbocycles. The van der Waals surface area contributed by atoms with Crippen molar-refractivity contribution in [1.29, 1.82) is 0 Å². The van der Waals surface area contributed by atoms with E-state index in [0.29, 0.717) is 6.61 Å². The molecule has 7 heteroatoms. The highest BCUT2D eigenvalue weighted by Gasteiger charge is 2.39. The van der Waals surface area contributed by atoms with Crippen LogP contribution in [0.5, 0.6) is 5.75 Å². The molecule has 158 valence electrons. The van der Waals surface area contributed by atoms with E-state index in [1.807, 2.05) is 31.2 Å². The third-order valence-corrected chi connectivity index (χ3v) is 9.00. The standard InChI is InChI=1S/C21H35NO5Si/c1-16(25-15-18-9-11-19(24-6)12-10-18)13-20(23)26-17(2)14-22-27-28(7,8)21(3,4)5/h9-12,14,16-17H,13,15H2,1-8H3/b22-14+/t16-,17-/m0/s1. The van der Waals surface area contributed by atoms with Gasteiger partial charge < -0.3 is 18.7 Å². The Morgan fingerprint density at radius 3 is 2.32 bits per heavy atom. The van der Waals surface area contributed by atoms with Crippen molar-refractivity contribution in [1.82, 2.24) is 0 Å². The zero-order chi connectivity index (χ0) is 21.4. The maximum atomic E-state index is 12.1. The van der Waals surface area contributed by atoms with Crippen molar-refractivity contribution >= 4 is 20.5 Å². The number of esters is 1. The number of ether oxygens (including phenoxy) is 3. The van der Waals surface area contributed by atoms with Gasteiger partial charge in [-0.15, -0.1) is 5.16 Å². The molecule has 28 heavy (non-hydrogen) atoms. The predicted molar refractivity (Wildman–Crippen MR) is 114 cm³/mol. The normalized spacial score (nSPS) is 14.6. The van der Waals surface area contributed by atoms with Gasteiger partial charge in [-0.3, -0.25) is 4.79 Å². The van der Waals surface area contributed by atoms with Gasteiger partial charge in [-0.2, -0.15) is 0 Å². The lowest BCUT2D eigenvalue weighted by Crippen LogP contribution is -2.39. The van der Waals surface area contributed by atoms with E-state index < -0.39 is 14.4 Å². The Labute approximate surface area is 170 Å². The van der Waals surface area contributed by atoms with Crippen LogP contribution in [0.3, 0.4) is 0 Å². The van der Waals surface area contributed by atoms with Gasteiger partial charge in [-0.25, -0.2) is 0 Å². The molecule has 0 spiro atoms. The first-order valence-corrected chi connectivity index (χ1v) is 12.5. The summed E-state index contributed by atoms with van der Waals surface area (Å²) in [5, 5.41) is 4.12. The first-order valence-electron chi connectivity index (χ1n) is 9.60. The van der Waals surface area contributed by atoms with Gasteiger partial charge in [0.1, 0.15) is 11.9 Å². The molecule has 0 aliphatic rings. The third kappa shape index (κ3) is 8.44. The molecule has 2 atom stereocenters. The van der Waals surface area contributed by atoms with Gasteiger partial charge in [0, 0.05) is 0 Å². The molecule has 0 aliphatic heterocycles. The van der Waals surface area contributed by atoms with Crippen molar-refractivity contribution in [3.8, 4) is 5.75 Å². The summed E-state index contributed by atoms with van der Waals surface area (Å²) >= 11 is 0. The Bertz CT molecular complexity index is 637. The molecule has 0 amide bonds. The van der Waals surface area contributed by atoms with Crippen LogP contribution in [-0.4, -0.2) is 39.8 Å². The number of oxime groups is 1. The fourth-order valence-corrected chi connectivity index (χ4v) is 2.52. The maximum Gasteiger partial charge on any atom is 0.309 e. The van der Waals surface area contributed by atoms with Crippen molar-refractivity contribution in [2.24, 2.45) is 5.16 Å². The Morgan fingerprint density at radius 2 is 1.79 bits per heavy atom. The SMILES string of the molecule is COc1ccc(CO[C@@H](C)CC(=O)O[C@@H](C)/C=N/O[Si](C)(C)C(C)(C)C)cc1. The van der Waals surface area contributed by atoms with Crippen molar-refractivity contribution in [2.45, 2.75) is 78.0 Å². The van der Waals surface area contributed by atoms with E-state index >= 15 is 0 Å². The first kappa shape index (κ1) is 24.2. The Hall–Kier alpha value is -1.86. The van der Waals surface area contributed by atoms with E-state index in [4.69, 9.17) is 18.7 Å². The number of rotatable bonds is 10. The molecule has 1 aromatic rings. The largest absolute Gasteiger partial charge is 0.497 e. The van der Waals surface area contributed by atoms with Crippen LogP contribution in [0.4, 0.5) is 0 Å². The molecular formula is C21H35NO5Si. The van der Waals surface area contributed by atoms with Crippen LogP contribution in [0.2, 0.25) is 18.1 Å². The number of methoxy groups -OCH3 is 1. The monoisotopic (exact) mass is 409 g/mol. The van der Waals surface area contributed by atoms with E-state index in [-0.39, 0.29) is 23.5 Å². The number of nitrogens with zero attached hydrogens (tertiary/aromatic N) is 1. The smallest absolute Gasteiger partial charge is 0.309 e. The van der Waals surface area contributed by atoms with E-state index in [0.717, 1.165) is 11.3 Å². The quantitative estimate of drug-likeness (QED) is 0.237. The van der Waals surface area contributed by atoms with Gasteiger partial charge in [-0.05, 0) is 49.7 Å². The predicted octanol–water partition coefficient (Wildman–Crippen LogP) is 4.93. The lowest BCUT2D eigenvalue weighted by atomic mass is 10.2. The molecule has 0 fully saturated rings. The first-order chi connectivity index (χ1) is 12.9. The molecule has 1 rings (SSSR count). The van der Waals surface area contributed by atoms with E-state index in [1.165, 1.54) is 6.21 Å². The maximum absolute atomic E-state index is 12.1. The second kappa shape index (κ2) is 10.6. The summed E-state index contributed by atoms with van der Waals surface area (Å²) in [6, 6.07) is 7.63. The number of hydrogen-bond acceptors (Lipinski definition) is 6. The van der Waals surface area contributed by atoms with Crippen LogP contribution in [0.25, 0.3) is 0 Å².